The Kier molecular flexibility index (Phi) is 6.57. The molecule has 1 amide bonds. The van der Waals surface area contributed by atoms with Crippen molar-refractivity contribution in [2.45, 2.75) is 38.0 Å². The number of ether oxygens (including phenoxy) is 1. The summed E-state index contributed by atoms with van der Waals surface area (Å²) in [5, 5.41) is 2.05. The van der Waals surface area contributed by atoms with Crippen LogP contribution in [0.1, 0.15) is 30.6 Å². The molecule has 1 aromatic carbocycles. The molecule has 11 heteroatoms. The summed E-state index contributed by atoms with van der Waals surface area (Å²) in [6, 6.07) is 1.67. The third-order valence-electron chi connectivity index (χ3n) is 5.27. The predicted molar refractivity (Wildman–Crippen MR) is 114 cm³/mol. The normalized spacial score (nSPS) is 19.7. The van der Waals surface area contributed by atoms with E-state index in [0.29, 0.717) is 19.5 Å². The standard InChI is InChI=1S/C21H23ClF4N4O2/c1-11(21(24,25)26)29-18(31)15-9-28-19(32-3)16(12-6-13(22)8-14(23)7-12)17(15)30-5-4-20(2,27)10-30/h6-9,11H,4-5,10,27H2,1-3H3,(H,29,31)/t11?,20-/m0/s1. The monoisotopic (exact) mass is 474 g/mol. The highest BCUT2D eigenvalue weighted by Gasteiger charge is 2.39. The summed E-state index contributed by atoms with van der Waals surface area (Å²) in [5.74, 6) is -1.55. The fourth-order valence-electron chi connectivity index (χ4n) is 3.62. The summed E-state index contributed by atoms with van der Waals surface area (Å²) in [5.41, 5.74) is 6.29. The molecule has 1 aliphatic heterocycles. The molecule has 0 bridgehead atoms. The summed E-state index contributed by atoms with van der Waals surface area (Å²) in [4.78, 5) is 18.8. The van der Waals surface area contributed by atoms with Gasteiger partial charge < -0.3 is 20.7 Å². The summed E-state index contributed by atoms with van der Waals surface area (Å²) in [7, 11) is 1.35. The molecule has 3 N–H and O–H groups in total. The van der Waals surface area contributed by atoms with Crippen molar-refractivity contribution in [3.63, 3.8) is 0 Å². The second-order valence-electron chi connectivity index (χ2n) is 8.13. The molecule has 1 fully saturated rings. The van der Waals surface area contributed by atoms with Crippen LogP contribution in [0.4, 0.5) is 23.2 Å². The molecule has 2 aromatic rings. The van der Waals surface area contributed by atoms with E-state index in [0.717, 1.165) is 19.2 Å². The molecule has 2 atom stereocenters. The fraction of sp³-hybridized carbons (Fsp3) is 0.429. The minimum atomic E-state index is -4.63. The lowest BCUT2D eigenvalue weighted by Gasteiger charge is -2.28. The number of aromatic nitrogens is 1. The number of nitrogens with zero attached hydrogens (tertiary/aromatic N) is 2. The minimum Gasteiger partial charge on any atom is -0.480 e. The van der Waals surface area contributed by atoms with Gasteiger partial charge in [-0.1, -0.05) is 11.6 Å². The maximum absolute atomic E-state index is 14.2. The van der Waals surface area contributed by atoms with Gasteiger partial charge >= 0.3 is 6.18 Å². The zero-order chi connectivity index (χ0) is 23.8. The van der Waals surface area contributed by atoms with Crippen LogP contribution < -0.4 is 20.7 Å². The number of carbonyl (C=O) groups is 1. The van der Waals surface area contributed by atoms with Gasteiger partial charge in [0, 0.05) is 29.8 Å². The van der Waals surface area contributed by atoms with E-state index in [1.54, 1.807) is 4.90 Å². The van der Waals surface area contributed by atoms with E-state index >= 15 is 0 Å². The summed E-state index contributed by atoms with van der Waals surface area (Å²) >= 11 is 6.04. The number of hydrogen-bond donors (Lipinski definition) is 2. The Labute approximate surface area is 187 Å². The van der Waals surface area contributed by atoms with Crippen molar-refractivity contribution in [3.05, 3.63) is 40.8 Å². The van der Waals surface area contributed by atoms with Crippen LogP contribution in [-0.2, 0) is 0 Å². The van der Waals surface area contributed by atoms with Crippen LogP contribution >= 0.6 is 11.6 Å². The number of pyridine rings is 1. The van der Waals surface area contributed by atoms with Gasteiger partial charge in [-0.05, 0) is 44.0 Å². The highest BCUT2D eigenvalue weighted by atomic mass is 35.5. The van der Waals surface area contributed by atoms with Gasteiger partial charge in [0.15, 0.2) is 0 Å². The third kappa shape index (κ3) is 5.07. The smallest absolute Gasteiger partial charge is 0.408 e. The summed E-state index contributed by atoms with van der Waals surface area (Å²) < 4.78 is 58.7. The van der Waals surface area contributed by atoms with Crippen LogP contribution in [0.25, 0.3) is 11.1 Å². The van der Waals surface area contributed by atoms with Gasteiger partial charge in [-0.2, -0.15) is 13.2 Å². The van der Waals surface area contributed by atoms with Crippen molar-refractivity contribution in [1.82, 2.24) is 10.3 Å². The number of nitrogens with two attached hydrogens (primary N) is 1. The number of rotatable bonds is 5. The van der Waals surface area contributed by atoms with E-state index in [1.165, 1.54) is 19.2 Å². The van der Waals surface area contributed by atoms with Gasteiger partial charge in [0.05, 0.1) is 23.9 Å². The number of carbonyl (C=O) groups excluding carboxylic acids is 1. The first-order chi connectivity index (χ1) is 14.8. The molecule has 32 heavy (non-hydrogen) atoms. The van der Waals surface area contributed by atoms with Gasteiger partial charge in [-0.3, -0.25) is 4.79 Å². The SMILES string of the molecule is COc1ncc(C(=O)NC(C)C(F)(F)F)c(N2CC[C@](C)(N)C2)c1-c1cc(F)cc(Cl)c1. The number of anilines is 1. The van der Waals surface area contributed by atoms with Crippen LogP contribution in [0.2, 0.25) is 5.02 Å². The largest absolute Gasteiger partial charge is 0.480 e. The van der Waals surface area contributed by atoms with E-state index in [4.69, 9.17) is 22.1 Å². The van der Waals surface area contributed by atoms with Gasteiger partial charge in [-0.15, -0.1) is 0 Å². The van der Waals surface area contributed by atoms with Crippen LogP contribution in [0.5, 0.6) is 5.88 Å². The molecule has 0 aliphatic carbocycles. The van der Waals surface area contributed by atoms with Crippen LogP contribution in [-0.4, -0.2) is 48.8 Å². The van der Waals surface area contributed by atoms with E-state index < -0.39 is 29.5 Å². The third-order valence-corrected chi connectivity index (χ3v) is 5.48. The van der Waals surface area contributed by atoms with E-state index in [-0.39, 0.29) is 33.3 Å². The molecule has 1 saturated heterocycles. The molecule has 0 saturated carbocycles. The lowest BCUT2D eigenvalue weighted by atomic mass is 10.00. The zero-order valence-corrected chi connectivity index (χ0v) is 18.4. The van der Waals surface area contributed by atoms with Crippen molar-refractivity contribution < 1.29 is 27.1 Å². The summed E-state index contributed by atoms with van der Waals surface area (Å²) in [6.45, 7) is 3.40. The lowest BCUT2D eigenvalue weighted by molar-refractivity contribution is -0.149. The number of benzene rings is 1. The van der Waals surface area contributed by atoms with Crippen molar-refractivity contribution in [3.8, 4) is 17.0 Å². The second kappa shape index (κ2) is 8.74. The molecular formula is C21H23ClF4N4O2. The molecule has 1 aromatic heterocycles. The average Bonchev–Trinajstić information content (AvgIpc) is 3.04. The maximum atomic E-state index is 14.2. The molecule has 6 nitrogen and oxygen atoms in total. The average molecular weight is 475 g/mol. The Morgan fingerprint density at radius 2 is 2.06 bits per heavy atom. The van der Waals surface area contributed by atoms with E-state index in [9.17, 15) is 22.4 Å². The number of amides is 1. The number of hydrogen-bond acceptors (Lipinski definition) is 5. The predicted octanol–water partition coefficient (Wildman–Crippen LogP) is 4.16. The Morgan fingerprint density at radius 3 is 2.59 bits per heavy atom. The first kappa shape index (κ1) is 24.1. The minimum absolute atomic E-state index is 0.0627. The molecule has 0 spiro atoms. The Morgan fingerprint density at radius 1 is 1.38 bits per heavy atom. The maximum Gasteiger partial charge on any atom is 0.408 e. The van der Waals surface area contributed by atoms with Gasteiger partial charge in [-0.25, -0.2) is 9.37 Å². The first-order valence-electron chi connectivity index (χ1n) is 9.77. The fourth-order valence-corrected chi connectivity index (χ4v) is 3.85. The molecular weight excluding hydrogens is 452 g/mol. The number of alkyl halides is 3. The molecule has 1 unspecified atom stereocenters. The Bertz CT molecular complexity index is 1010. The van der Waals surface area contributed by atoms with Crippen molar-refractivity contribution in [1.29, 1.82) is 0 Å². The topological polar surface area (TPSA) is 80.5 Å². The molecule has 174 valence electrons. The number of nitrogens with one attached hydrogen (secondary N) is 1. The molecule has 0 radical (unpaired) electrons. The Hall–Kier alpha value is -2.59. The quantitative estimate of drug-likeness (QED) is 0.636. The highest BCUT2D eigenvalue weighted by molar-refractivity contribution is 6.31. The van der Waals surface area contributed by atoms with Crippen molar-refractivity contribution >= 4 is 23.2 Å². The number of methoxy groups -OCH3 is 1. The van der Waals surface area contributed by atoms with E-state index in [2.05, 4.69) is 4.98 Å². The van der Waals surface area contributed by atoms with Crippen molar-refractivity contribution in [2.24, 2.45) is 5.73 Å². The van der Waals surface area contributed by atoms with Gasteiger partial charge in [0.2, 0.25) is 5.88 Å². The summed E-state index contributed by atoms with van der Waals surface area (Å²) in [6.07, 6.45) is -2.91. The molecule has 3 rings (SSSR count). The molecule has 2 heterocycles. The number of halogens is 5. The first-order valence-corrected chi connectivity index (χ1v) is 10.1. The highest BCUT2D eigenvalue weighted by Crippen LogP contribution is 2.43. The Balaban J connectivity index is 2.23. The van der Waals surface area contributed by atoms with Gasteiger partial charge in [0.25, 0.3) is 5.91 Å². The zero-order valence-electron chi connectivity index (χ0n) is 17.7. The second-order valence-corrected chi connectivity index (χ2v) is 8.56. The van der Waals surface area contributed by atoms with Crippen LogP contribution in [0.15, 0.2) is 24.4 Å². The van der Waals surface area contributed by atoms with E-state index in [1.807, 2.05) is 12.2 Å². The molecule has 1 aliphatic rings. The van der Waals surface area contributed by atoms with Crippen LogP contribution in [0, 0.1) is 5.82 Å². The van der Waals surface area contributed by atoms with Crippen LogP contribution in [0.3, 0.4) is 0 Å². The van der Waals surface area contributed by atoms with Gasteiger partial charge in [0.1, 0.15) is 11.9 Å². The lowest BCUT2D eigenvalue weighted by Crippen LogP contribution is -2.44. The van der Waals surface area contributed by atoms with Crippen molar-refractivity contribution in [2.75, 3.05) is 25.1 Å².